The molecule has 0 spiro atoms. The Morgan fingerprint density at radius 3 is 2.83 bits per heavy atom. The average Bonchev–Trinajstić information content (AvgIpc) is 2.08. The first-order valence-corrected chi connectivity index (χ1v) is 6.55. The summed E-state index contributed by atoms with van der Waals surface area (Å²) in [6.45, 7) is 2.13. The molecular weight excluding hydrogens is 266 g/mol. The maximum atomic E-state index is 12.8. The van der Waals surface area contributed by atoms with Gasteiger partial charge in [-0.3, -0.25) is 0 Å². The van der Waals surface area contributed by atoms with Gasteiger partial charge in [-0.2, -0.15) is 0 Å². The van der Waals surface area contributed by atoms with Crippen LogP contribution in [0.15, 0.2) is 18.2 Å². The maximum Gasteiger partial charge on any atom is 0.124 e. The molecule has 0 N–H and O–H groups in total. The minimum atomic E-state index is -0.232. The highest BCUT2D eigenvalue weighted by Crippen LogP contribution is 2.18. The Labute approximate surface area is 82.6 Å². The molecule has 0 radical (unpaired) electrons. The van der Waals surface area contributed by atoms with Crippen LogP contribution in [0.5, 0.6) is 0 Å². The van der Waals surface area contributed by atoms with E-state index < -0.39 is 0 Å². The molecule has 0 nitrogen and oxygen atoms in total. The highest BCUT2D eigenvalue weighted by Gasteiger charge is 1.99. The average molecular weight is 278 g/mol. The molecule has 0 heterocycles. The highest BCUT2D eigenvalue weighted by atomic mass is 127. The van der Waals surface area contributed by atoms with Crippen molar-refractivity contribution in [1.82, 2.24) is 0 Å². The number of hydrogen-bond donors (Lipinski definition) is 0. The summed E-state index contributed by atoms with van der Waals surface area (Å²) in [5.74, 6) is -0.131. The number of hydrogen-bond acceptors (Lipinski definition) is 0. The zero-order valence-electron chi connectivity index (χ0n) is 7.11. The van der Waals surface area contributed by atoms with Crippen molar-refractivity contribution < 1.29 is 4.39 Å². The first kappa shape index (κ1) is 9.84. The molecule has 0 saturated carbocycles. The standard InChI is InChI=1S/C10H12FI/c1-3-4-8-5-6-9(11)7-10(8)12-2/h5-7H,2-4H2,1H3. The predicted octanol–water partition coefficient (Wildman–Crippen LogP) is 3.35. The highest BCUT2D eigenvalue weighted by molar-refractivity contribution is 14.2. The number of benzene rings is 1. The van der Waals surface area contributed by atoms with E-state index >= 15 is 0 Å². The molecule has 0 aliphatic rings. The van der Waals surface area contributed by atoms with E-state index in [-0.39, 0.29) is 26.5 Å². The van der Waals surface area contributed by atoms with Crippen molar-refractivity contribution in [2.45, 2.75) is 19.8 Å². The third-order valence-electron chi connectivity index (χ3n) is 1.68. The Balaban J connectivity index is 3.02. The van der Waals surface area contributed by atoms with Gasteiger partial charge in [0, 0.05) is 3.57 Å². The minimum Gasteiger partial charge on any atom is -0.207 e. The van der Waals surface area contributed by atoms with Gasteiger partial charge < -0.3 is 0 Å². The Kier molecular flexibility index (Phi) is 3.85. The molecule has 0 aromatic heterocycles. The van der Waals surface area contributed by atoms with Crippen LogP contribution in [-0.2, 0) is 6.42 Å². The molecule has 0 aliphatic carbocycles. The van der Waals surface area contributed by atoms with Gasteiger partial charge >= 0.3 is 0 Å². The zero-order valence-corrected chi connectivity index (χ0v) is 9.27. The van der Waals surface area contributed by atoms with Gasteiger partial charge in [0.2, 0.25) is 0 Å². The molecule has 1 aromatic carbocycles. The molecule has 0 unspecified atom stereocenters. The second-order valence-corrected chi connectivity index (χ2v) is 4.54. The molecule has 1 rings (SSSR count). The fourth-order valence-corrected chi connectivity index (χ4v) is 2.58. The lowest BCUT2D eigenvalue weighted by Crippen LogP contribution is -1.89. The topological polar surface area (TPSA) is 0 Å². The van der Waals surface area contributed by atoms with Gasteiger partial charge in [-0.25, -0.2) is 4.39 Å². The van der Waals surface area contributed by atoms with Crippen molar-refractivity contribution in [2.75, 3.05) is 0 Å². The first-order chi connectivity index (χ1) is 5.77. The zero-order chi connectivity index (χ0) is 8.97. The van der Waals surface area contributed by atoms with E-state index in [0.717, 1.165) is 16.4 Å². The summed E-state index contributed by atoms with van der Waals surface area (Å²) in [4.78, 5) is 0. The Bertz CT molecular complexity index is 281. The second kappa shape index (κ2) is 4.70. The molecule has 0 amide bonds. The summed E-state index contributed by atoms with van der Waals surface area (Å²) in [6.07, 6.45) is 2.16. The van der Waals surface area contributed by atoms with Gasteiger partial charge in [-0.05, 0) is 24.1 Å². The van der Waals surface area contributed by atoms with Crippen LogP contribution >= 0.6 is 20.7 Å². The van der Waals surface area contributed by atoms with Crippen LogP contribution in [0.1, 0.15) is 18.9 Å². The van der Waals surface area contributed by atoms with E-state index in [1.54, 1.807) is 6.07 Å². The molecule has 0 saturated heterocycles. The van der Waals surface area contributed by atoms with Crippen LogP contribution in [0.2, 0.25) is 0 Å². The molecule has 1 aromatic rings. The fraction of sp³-hybridized carbons (Fsp3) is 0.300. The lowest BCUT2D eigenvalue weighted by Gasteiger charge is -2.02. The minimum absolute atomic E-state index is 0.131. The molecule has 12 heavy (non-hydrogen) atoms. The van der Waals surface area contributed by atoms with Gasteiger partial charge in [-0.15, -0.1) is 0 Å². The molecule has 66 valence electrons. The first-order valence-electron chi connectivity index (χ1n) is 3.94. The van der Waals surface area contributed by atoms with Crippen molar-refractivity contribution in [3.8, 4) is 0 Å². The van der Waals surface area contributed by atoms with E-state index in [4.69, 9.17) is 0 Å². The Hall–Kier alpha value is -0.250. The van der Waals surface area contributed by atoms with Gasteiger partial charge in [0.05, 0.1) is 0 Å². The fourth-order valence-electron chi connectivity index (χ4n) is 1.12. The molecule has 0 atom stereocenters. The van der Waals surface area contributed by atoms with E-state index in [0.29, 0.717) is 0 Å². The monoisotopic (exact) mass is 278 g/mol. The van der Waals surface area contributed by atoms with Crippen LogP contribution < -0.4 is 0 Å². The largest absolute Gasteiger partial charge is 0.207 e. The smallest absolute Gasteiger partial charge is 0.124 e. The summed E-state index contributed by atoms with van der Waals surface area (Å²) < 4.78 is 17.8. The third kappa shape index (κ3) is 2.37. The van der Waals surface area contributed by atoms with Crippen LogP contribution in [-0.4, -0.2) is 4.51 Å². The molecule has 0 aliphatic heterocycles. The molecule has 0 fully saturated rings. The normalized spacial score (nSPS) is 10.2. The van der Waals surface area contributed by atoms with Gasteiger partial charge in [-0.1, -0.05) is 44.7 Å². The molecule has 2 heteroatoms. The van der Waals surface area contributed by atoms with E-state index in [2.05, 4.69) is 11.4 Å². The van der Waals surface area contributed by atoms with Crippen molar-refractivity contribution in [3.63, 3.8) is 0 Å². The second-order valence-electron chi connectivity index (χ2n) is 2.62. The van der Waals surface area contributed by atoms with E-state index in [1.807, 2.05) is 6.07 Å². The number of rotatable bonds is 3. The summed E-state index contributed by atoms with van der Waals surface area (Å²) in [5.41, 5.74) is 1.28. The van der Waals surface area contributed by atoms with Gasteiger partial charge in [0.15, 0.2) is 0 Å². The van der Waals surface area contributed by atoms with Crippen LogP contribution in [0.4, 0.5) is 4.39 Å². The van der Waals surface area contributed by atoms with E-state index in [9.17, 15) is 4.39 Å². The summed E-state index contributed by atoms with van der Waals surface area (Å²) in [5, 5.41) is 0. The third-order valence-corrected chi connectivity index (χ3v) is 3.50. The summed E-state index contributed by atoms with van der Waals surface area (Å²) >= 11 is -0.232. The number of aryl methyl sites for hydroxylation is 1. The van der Waals surface area contributed by atoms with Gasteiger partial charge in [0.25, 0.3) is 0 Å². The summed E-state index contributed by atoms with van der Waals surface area (Å²) in [7, 11) is 0. The van der Waals surface area contributed by atoms with Crippen molar-refractivity contribution in [2.24, 2.45) is 0 Å². The van der Waals surface area contributed by atoms with Crippen molar-refractivity contribution in [3.05, 3.63) is 33.1 Å². The Morgan fingerprint density at radius 2 is 2.25 bits per heavy atom. The van der Waals surface area contributed by atoms with E-state index in [1.165, 1.54) is 11.6 Å². The predicted molar refractivity (Wildman–Crippen MR) is 60.2 cm³/mol. The van der Waals surface area contributed by atoms with Crippen LogP contribution in [0.25, 0.3) is 0 Å². The molecular formula is C10H12FI. The number of halogens is 2. The maximum absolute atomic E-state index is 12.8. The molecule has 0 bridgehead atoms. The van der Waals surface area contributed by atoms with Crippen molar-refractivity contribution in [1.29, 1.82) is 0 Å². The lowest BCUT2D eigenvalue weighted by atomic mass is 10.1. The van der Waals surface area contributed by atoms with Crippen LogP contribution in [0.3, 0.4) is 0 Å². The Morgan fingerprint density at radius 1 is 1.50 bits per heavy atom. The van der Waals surface area contributed by atoms with Crippen molar-refractivity contribution >= 4 is 25.2 Å². The van der Waals surface area contributed by atoms with Gasteiger partial charge in [0.1, 0.15) is 5.82 Å². The lowest BCUT2D eigenvalue weighted by molar-refractivity contribution is 0.625. The summed E-state index contributed by atoms with van der Waals surface area (Å²) in [6, 6.07) is 5.05. The van der Waals surface area contributed by atoms with Crippen LogP contribution in [0, 0.1) is 9.39 Å². The SMILES string of the molecule is C=Ic1cc(F)ccc1CCC. The quantitative estimate of drug-likeness (QED) is 0.744.